The maximum absolute atomic E-state index is 9.38. The molecule has 2 atom stereocenters. The van der Waals surface area contributed by atoms with Crippen molar-refractivity contribution in [2.24, 2.45) is 5.92 Å². The summed E-state index contributed by atoms with van der Waals surface area (Å²) in [6.07, 6.45) is 1.93. The molecule has 0 radical (unpaired) electrons. The highest BCUT2D eigenvalue weighted by atomic mass is 16.3. The highest BCUT2D eigenvalue weighted by Gasteiger charge is 2.24. The summed E-state index contributed by atoms with van der Waals surface area (Å²) in [5, 5.41) is 12.7. The van der Waals surface area contributed by atoms with E-state index in [2.05, 4.69) is 19.2 Å². The maximum Gasteiger partial charge on any atom is 0.0705 e. The van der Waals surface area contributed by atoms with Gasteiger partial charge in [-0.15, -0.1) is 0 Å². The summed E-state index contributed by atoms with van der Waals surface area (Å²) in [6.45, 7) is 5.36. The van der Waals surface area contributed by atoms with Crippen LogP contribution in [0.5, 0.6) is 0 Å². The number of aliphatic hydroxyl groups is 1. The number of aliphatic hydroxyl groups excluding tert-OH is 1. The predicted molar refractivity (Wildman–Crippen MR) is 41.9 cm³/mol. The van der Waals surface area contributed by atoms with Gasteiger partial charge in [0.2, 0.25) is 0 Å². The van der Waals surface area contributed by atoms with Crippen molar-refractivity contribution in [3.63, 3.8) is 0 Å². The molecule has 2 heteroatoms. The molecule has 1 aliphatic heterocycles. The molecule has 0 aromatic rings. The Morgan fingerprint density at radius 1 is 1.60 bits per heavy atom. The van der Waals surface area contributed by atoms with Gasteiger partial charge in [-0.2, -0.15) is 0 Å². The van der Waals surface area contributed by atoms with E-state index in [-0.39, 0.29) is 6.10 Å². The lowest BCUT2D eigenvalue weighted by Crippen LogP contribution is -2.31. The Morgan fingerprint density at radius 2 is 2.30 bits per heavy atom. The van der Waals surface area contributed by atoms with Crippen LogP contribution in [-0.2, 0) is 0 Å². The number of hydrogen-bond donors (Lipinski definition) is 2. The average molecular weight is 143 g/mol. The van der Waals surface area contributed by atoms with E-state index in [1.807, 2.05) is 0 Å². The fourth-order valence-electron chi connectivity index (χ4n) is 1.50. The molecule has 1 heterocycles. The predicted octanol–water partition coefficient (Wildman–Crippen LogP) is 0.755. The fraction of sp³-hybridized carbons (Fsp3) is 1.00. The van der Waals surface area contributed by atoms with Gasteiger partial charge in [-0.1, -0.05) is 13.8 Å². The second-order valence-electron chi connectivity index (χ2n) is 3.55. The van der Waals surface area contributed by atoms with Gasteiger partial charge in [0.15, 0.2) is 0 Å². The van der Waals surface area contributed by atoms with Gasteiger partial charge in [0.05, 0.1) is 6.10 Å². The largest absolute Gasteiger partial charge is 0.391 e. The van der Waals surface area contributed by atoms with Gasteiger partial charge in [-0.25, -0.2) is 0 Å². The topological polar surface area (TPSA) is 32.3 Å². The zero-order valence-corrected chi connectivity index (χ0v) is 6.80. The van der Waals surface area contributed by atoms with Crippen molar-refractivity contribution in [2.75, 3.05) is 6.54 Å². The van der Waals surface area contributed by atoms with Crippen LogP contribution in [-0.4, -0.2) is 23.8 Å². The molecule has 0 amide bonds. The third-order valence-electron chi connectivity index (χ3n) is 2.04. The van der Waals surface area contributed by atoms with Crippen LogP contribution in [0.4, 0.5) is 0 Å². The van der Waals surface area contributed by atoms with E-state index in [1.165, 1.54) is 0 Å². The maximum atomic E-state index is 9.38. The zero-order valence-electron chi connectivity index (χ0n) is 6.80. The molecule has 60 valence electrons. The van der Waals surface area contributed by atoms with Crippen molar-refractivity contribution < 1.29 is 5.11 Å². The number of nitrogens with one attached hydrogen (secondary N) is 1. The number of rotatable bonds is 2. The molecule has 2 nitrogen and oxygen atoms in total. The van der Waals surface area contributed by atoms with Crippen LogP contribution in [0.15, 0.2) is 0 Å². The molecule has 2 N–H and O–H groups in total. The first-order valence-corrected chi connectivity index (χ1v) is 4.11. The molecule has 0 saturated carbocycles. The summed E-state index contributed by atoms with van der Waals surface area (Å²) in [5.74, 6) is 0.685. The molecule has 1 fully saturated rings. The first kappa shape index (κ1) is 8.02. The molecule has 0 aromatic carbocycles. The summed E-state index contributed by atoms with van der Waals surface area (Å²) in [4.78, 5) is 0. The van der Waals surface area contributed by atoms with Crippen LogP contribution in [0.1, 0.15) is 26.7 Å². The molecule has 10 heavy (non-hydrogen) atoms. The molecule has 0 spiro atoms. The van der Waals surface area contributed by atoms with E-state index in [9.17, 15) is 5.11 Å². The van der Waals surface area contributed by atoms with Crippen molar-refractivity contribution in [1.29, 1.82) is 0 Å². The molecule has 1 aliphatic rings. The van der Waals surface area contributed by atoms with E-state index < -0.39 is 0 Å². The Balaban J connectivity index is 2.26. The SMILES string of the molecule is CC(C)CC1NCCC1O. The lowest BCUT2D eigenvalue weighted by molar-refractivity contribution is 0.149. The minimum absolute atomic E-state index is 0.0950. The van der Waals surface area contributed by atoms with Crippen LogP contribution in [0.2, 0.25) is 0 Å². The van der Waals surface area contributed by atoms with Crippen LogP contribution >= 0.6 is 0 Å². The molecular weight excluding hydrogens is 126 g/mol. The molecular formula is C8H17NO. The summed E-state index contributed by atoms with van der Waals surface area (Å²) < 4.78 is 0. The molecule has 0 aromatic heterocycles. The van der Waals surface area contributed by atoms with Gasteiger partial charge in [-0.05, 0) is 25.3 Å². The van der Waals surface area contributed by atoms with Crippen molar-refractivity contribution >= 4 is 0 Å². The second-order valence-corrected chi connectivity index (χ2v) is 3.55. The zero-order chi connectivity index (χ0) is 7.56. The van der Waals surface area contributed by atoms with Crippen LogP contribution in [0.3, 0.4) is 0 Å². The molecule has 0 aliphatic carbocycles. The Labute approximate surface area is 62.6 Å². The van der Waals surface area contributed by atoms with E-state index in [0.717, 1.165) is 19.4 Å². The van der Waals surface area contributed by atoms with E-state index >= 15 is 0 Å². The third-order valence-corrected chi connectivity index (χ3v) is 2.04. The lowest BCUT2D eigenvalue weighted by atomic mass is 10.0. The van der Waals surface area contributed by atoms with Crippen LogP contribution in [0.25, 0.3) is 0 Å². The standard InChI is InChI=1S/C8H17NO/c1-6(2)5-7-8(10)3-4-9-7/h6-10H,3-5H2,1-2H3. The van der Waals surface area contributed by atoms with Gasteiger partial charge in [0.25, 0.3) is 0 Å². The Kier molecular flexibility index (Phi) is 2.69. The normalized spacial score (nSPS) is 33.6. The molecule has 1 rings (SSSR count). The van der Waals surface area contributed by atoms with E-state index in [0.29, 0.717) is 12.0 Å². The van der Waals surface area contributed by atoms with Crippen molar-refractivity contribution in [3.8, 4) is 0 Å². The fourth-order valence-corrected chi connectivity index (χ4v) is 1.50. The summed E-state index contributed by atoms with van der Waals surface area (Å²) in [6, 6.07) is 0.361. The Hall–Kier alpha value is -0.0800. The molecule has 1 saturated heterocycles. The minimum atomic E-state index is -0.0950. The van der Waals surface area contributed by atoms with Crippen LogP contribution < -0.4 is 5.32 Å². The monoisotopic (exact) mass is 143 g/mol. The van der Waals surface area contributed by atoms with Crippen molar-refractivity contribution in [3.05, 3.63) is 0 Å². The highest BCUT2D eigenvalue weighted by molar-refractivity contribution is 4.83. The van der Waals surface area contributed by atoms with E-state index in [4.69, 9.17) is 0 Å². The minimum Gasteiger partial charge on any atom is -0.391 e. The third kappa shape index (κ3) is 1.96. The summed E-state index contributed by atoms with van der Waals surface area (Å²) in [7, 11) is 0. The first-order chi connectivity index (χ1) is 4.70. The lowest BCUT2D eigenvalue weighted by Gasteiger charge is -2.16. The number of hydrogen-bond acceptors (Lipinski definition) is 2. The summed E-state index contributed by atoms with van der Waals surface area (Å²) >= 11 is 0. The smallest absolute Gasteiger partial charge is 0.0705 e. The van der Waals surface area contributed by atoms with Gasteiger partial charge >= 0.3 is 0 Å². The van der Waals surface area contributed by atoms with Crippen LogP contribution in [0, 0.1) is 5.92 Å². The molecule has 2 unspecified atom stereocenters. The van der Waals surface area contributed by atoms with Gasteiger partial charge in [-0.3, -0.25) is 0 Å². The quantitative estimate of drug-likeness (QED) is 0.598. The van der Waals surface area contributed by atoms with Gasteiger partial charge < -0.3 is 10.4 Å². The van der Waals surface area contributed by atoms with Gasteiger partial charge in [0.1, 0.15) is 0 Å². The average Bonchev–Trinajstić information content (AvgIpc) is 2.15. The van der Waals surface area contributed by atoms with Gasteiger partial charge in [0, 0.05) is 6.04 Å². The van der Waals surface area contributed by atoms with Crippen molar-refractivity contribution in [2.45, 2.75) is 38.8 Å². The van der Waals surface area contributed by atoms with Crippen molar-refractivity contribution in [1.82, 2.24) is 5.32 Å². The first-order valence-electron chi connectivity index (χ1n) is 4.11. The Morgan fingerprint density at radius 3 is 2.70 bits per heavy atom. The Bertz CT molecular complexity index is 103. The molecule has 0 bridgehead atoms. The summed E-state index contributed by atoms with van der Waals surface area (Å²) in [5.41, 5.74) is 0. The van der Waals surface area contributed by atoms with E-state index in [1.54, 1.807) is 0 Å². The highest BCUT2D eigenvalue weighted by Crippen LogP contribution is 2.14. The second kappa shape index (κ2) is 3.35.